The minimum atomic E-state index is -0.373. The Labute approximate surface area is 150 Å². The second-order valence-electron chi connectivity index (χ2n) is 7.55. The molecule has 0 spiro atoms. The molecule has 2 aromatic rings. The van der Waals surface area contributed by atoms with Gasteiger partial charge in [-0.15, -0.1) is 0 Å². The molecule has 0 unspecified atom stereocenters. The van der Waals surface area contributed by atoms with Gasteiger partial charge in [0.2, 0.25) is 0 Å². The van der Waals surface area contributed by atoms with Crippen LogP contribution in [0.15, 0.2) is 42.6 Å². The molecule has 0 bridgehead atoms. The van der Waals surface area contributed by atoms with Crippen LogP contribution >= 0.6 is 0 Å². The Morgan fingerprint density at radius 2 is 1.80 bits per heavy atom. The molecule has 1 N–H and O–H groups in total. The number of carbonyl (C=O) groups is 1. The van der Waals surface area contributed by atoms with Crippen LogP contribution in [-0.2, 0) is 0 Å². The lowest BCUT2D eigenvalue weighted by Gasteiger charge is -2.17. The fourth-order valence-electron chi connectivity index (χ4n) is 2.42. The molecule has 4 heteroatoms. The van der Waals surface area contributed by atoms with Gasteiger partial charge in [0.15, 0.2) is 0 Å². The summed E-state index contributed by atoms with van der Waals surface area (Å²) in [5.41, 5.74) is 2.83. The molecular formula is C21H28N2O2. The van der Waals surface area contributed by atoms with E-state index in [1.165, 1.54) is 12.8 Å². The van der Waals surface area contributed by atoms with Gasteiger partial charge in [0.05, 0.1) is 11.8 Å². The number of ether oxygens (including phenoxy) is 1. The third-order valence-corrected chi connectivity index (χ3v) is 3.90. The van der Waals surface area contributed by atoms with E-state index in [9.17, 15) is 4.79 Å². The molecule has 0 saturated carbocycles. The largest absolute Gasteiger partial charge is 0.421 e. The minimum Gasteiger partial charge on any atom is -0.421 e. The first-order valence-electron chi connectivity index (χ1n) is 8.82. The second kappa shape index (κ2) is 8.65. The van der Waals surface area contributed by atoms with Gasteiger partial charge in [0.1, 0.15) is 5.75 Å². The van der Waals surface area contributed by atoms with Gasteiger partial charge in [-0.1, -0.05) is 27.2 Å². The van der Waals surface area contributed by atoms with Gasteiger partial charge in [-0.3, -0.25) is 4.98 Å². The summed E-state index contributed by atoms with van der Waals surface area (Å²) >= 11 is 0. The Morgan fingerprint density at radius 1 is 1.08 bits per heavy atom. The second-order valence-corrected chi connectivity index (χ2v) is 7.55. The molecule has 0 aliphatic heterocycles. The number of benzene rings is 1. The number of nitrogens with one attached hydrogen (secondary N) is 1. The zero-order valence-electron chi connectivity index (χ0n) is 15.6. The maximum absolute atomic E-state index is 12.1. The number of anilines is 1. The van der Waals surface area contributed by atoms with Crippen molar-refractivity contribution in [2.24, 2.45) is 5.41 Å². The van der Waals surface area contributed by atoms with Gasteiger partial charge >= 0.3 is 5.97 Å². The van der Waals surface area contributed by atoms with Crippen molar-refractivity contribution >= 4 is 11.7 Å². The van der Waals surface area contributed by atoms with Crippen molar-refractivity contribution in [3.63, 3.8) is 0 Å². The Bertz CT molecular complexity index is 671. The number of rotatable bonds is 7. The maximum atomic E-state index is 12.1. The zero-order valence-corrected chi connectivity index (χ0v) is 15.6. The lowest BCUT2D eigenvalue weighted by Crippen LogP contribution is -2.09. The quantitative estimate of drug-likeness (QED) is 0.553. The highest BCUT2D eigenvalue weighted by Crippen LogP contribution is 2.21. The lowest BCUT2D eigenvalue weighted by atomic mass is 9.90. The molecule has 0 fully saturated rings. The van der Waals surface area contributed by atoms with Crippen molar-refractivity contribution in [1.29, 1.82) is 0 Å². The molecule has 0 radical (unpaired) electrons. The molecule has 0 saturated heterocycles. The third-order valence-electron chi connectivity index (χ3n) is 3.90. The highest BCUT2D eigenvalue weighted by Gasteiger charge is 2.10. The van der Waals surface area contributed by atoms with Gasteiger partial charge in [0, 0.05) is 17.9 Å². The van der Waals surface area contributed by atoms with Crippen LogP contribution in [0.5, 0.6) is 5.75 Å². The number of pyridine rings is 1. The first-order chi connectivity index (χ1) is 11.8. The number of aromatic nitrogens is 1. The molecule has 1 heterocycles. The van der Waals surface area contributed by atoms with E-state index >= 15 is 0 Å². The van der Waals surface area contributed by atoms with Crippen LogP contribution in [0.1, 0.15) is 56.1 Å². The number of hydrogen-bond donors (Lipinski definition) is 1. The number of esters is 1. The molecule has 1 aromatic heterocycles. The number of aryl methyl sites for hydroxylation is 1. The van der Waals surface area contributed by atoms with E-state index in [1.54, 1.807) is 24.4 Å². The monoisotopic (exact) mass is 340 g/mol. The van der Waals surface area contributed by atoms with Crippen LogP contribution in [0.4, 0.5) is 5.69 Å². The molecule has 2 rings (SSSR count). The van der Waals surface area contributed by atoms with Crippen molar-refractivity contribution in [2.75, 3.05) is 11.9 Å². The summed E-state index contributed by atoms with van der Waals surface area (Å²) in [6.45, 7) is 9.63. The van der Waals surface area contributed by atoms with Crippen LogP contribution in [0.2, 0.25) is 0 Å². The smallest absolute Gasteiger partial charge is 0.343 e. The third kappa shape index (κ3) is 6.96. The summed E-state index contributed by atoms with van der Waals surface area (Å²) in [7, 11) is 0. The van der Waals surface area contributed by atoms with Crippen molar-refractivity contribution in [2.45, 2.75) is 47.0 Å². The van der Waals surface area contributed by atoms with E-state index in [4.69, 9.17) is 4.74 Å². The van der Waals surface area contributed by atoms with E-state index in [0.717, 1.165) is 24.3 Å². The van der Waals surface area contributed by atoms with Crippen LogP contribution in [0, 0.1) is 12.3 Å². The molecule has 25 heavy (non-hydrogen) atoms. The lowest BCUT2D eigenvalue weighted by molar-refractivity contribution is 0.0734. The van der Waals surface area contributed by atoms with Gasteiger partial charge in [-0.05, 0) is 61.6 Å². The Balaban J connectivity index is 1.79. The van der Waals surface area contributed by atoms with Crippen LogP contribution in [-0.4, -0.2) is 17.5 Å². The topological polar surface area (TPSA) is 51.2 Å². The predicted octanol–water partition coefficient (Wildman–Crippen LogP) is 5.24. The molecule has 1 aromatic carbocycles. The highest BCUT2D eigenvalue weighted by molar-refractivity contribution is 5.91. The Kier molecular flexibility index (Phi) is 6.57. The number of hydrogen-bond acceptors (Lipinski definition) is 4. The molecule has 0 amide bonds. The number of nitrogens with zero attached hydrogens (tertiary/aromatic N) is 1. The van der Waals surface area contributed by atoms with E-state index in [-0.39, 0.29) is 5.97 Å². The van der Waals surface area contributed by atoms with E-state index in [2.05, 4.69) is 31.1 Å². The highest BCUT2D eigenvalue weighted by atomic mass is 16.5. The summed E-state index contributed by atoms with van der Waals surface area (Å²) in [5.74, 6) is 0.0824. The summed E-state index contributed by atoms with van der Waals surface area (Å²) < 4.78 is 5.32. The fourth-order valence-corrected chi connectivity index (χ4v) is 2.42. The summed E-state index contributed by atoms with van der Waals surface area (Å²) in [4.78, 5) is 16.2. The van der Waals surface area contributed by atoms with Crippen molar-refractivity contribution in [1.82, 2.24) is 4.98 Å². The van der Waals surface area contributed by atoms with Gasteiger partial charge < -0.3 is 10.1 Å². The molecular weight excluding hydrogens is 312 g/mol. The van der Waals surface area contributed by atoms with Gasteiger partial charge in [-0.2, -0.15) is 0 Å². The maximum Gasteiger partial charge on any atom is 0.343 e. The van der Waals surface area contributed by atoms with Crippen molar-refractivity contribution < 1.29 is 9.53 Å². The number of carbonyl (C=O) groups excluding carboxylic acids is 1. The average molecular weight is 340 g/mol. The molecule has 0 aliphatic carbocycles. The number of unbranched alkanes of at least 4 members (excludes halogenated alkanes) is 1. The Hall–Kier alpha value is -2.36. The average Bonchev–Trinajstić information content (AvgIpc) is 2.56. The first-order valence-corrected chi connectivity index (χ1v) is 8.82. The predicted molar refractivity (Wildman–Crippen MR) is 102 cm³/mol. The van der Waals surface area contributed by atoms with Gasteiger partial charge in [-0.25, -0.2) is 4.79 Å². The normalized spacial score (nSPS) is 11.2. The van der Waals surface area contributed by atoms with E-state index < -0.39 is 0 Å². The SMILES string of the molecule is Cc1ccc(OC(=O)c2ccc(NCCCCC(C)(C)C)cc2)cn1. The molecule has 134 valence electrons. The van der Waals surface area contributed by atoms with E-state index in [1.807, 2.05) is 25.1 Å². The van der Waals surface area contributed by atoms with Crippen molar-refractivity contribution in [3.8, 4) is 5.75 Å². The summed E-state index contributed by atoms with van der Waals surface area (Å²) in [5, 5.41) is 3.39. The first kappa shape index (κ1) is 19.0. The molecule has 4 nitrogen and oxygen atoms in total. The van der Waals surface area contributed by atoms with Crippen LogP contribution < -0.4 is 10.1 Å². The van der Waals surface area contributed by atoms with Crippen LogP contribution in [0.25, 0.3) is 0 Å². The van der Waals surface area contributed by atoms with Gasteiger partial charge in [0.25, 0.3) is 0 Å². The molecule has 0 aliphatic rings. The summed E-state index contributed by atoms with van der Waals surface area (Å²) in [6, 6.07) is 10.9. The van der Waals surface area contributed by atoms with Crippen LogP contribution in [0.3, 0.4) is 0 Å². The fraction of sp³-hybridized carbons (Fsp3) is 0.429. The van der Waals surface area contributed by atoms with E-state index in [0.29, 0.717) is 16.7 Å². The summed E-state index contributed by atoms with van der Waals surface area (Å²) in [6.07, 6.45) is 5.14. The molecule has 0 atom stereocenters. The zero-order chi connectivity index (χ0) is 18.3. The minimum absolute atomic E-state index is 0.373. The standard InChI is InChI=1S/C21H28N2O2/c1-16-7-12-19(15-23-16)25-20(24)17-8-10-18(11-9-17)22-14-6-5-13-21(2,3)4/h7-12,15,22H,5-6,13-14H2,1-4H3. The van der Waals surface area contributed by atoms with Crippen molar-refractivity contribution in [3.05, 3.63) is 53.9 Å². The Morgan fingerprint density at radius 3 is 2.40 bits per heavy atom.